The minimum atomic E-state index is -1.08. The second-order valence-corrected chi connectivity index (χ2v) is 13.9. The summed E-state index contributed by atoms with van der Waals surface area (Å²) < 4.78 is 6.82. The van der Waals surface area contributed by atoms with Crippen molar-refractivity contribution in [2.75, 3.05) is 13.2 Å². The number of fused-ring (bicyclic) bond motifs is 1. The summed E-state index contributed by atoms with van der Waals surface area (Å²) in [5.41, 5.74) is -2.35. The third-order valence-corrected chi connectivity index (χ3v) is 8.48. The van der Waals surface area contributed by atoms with Crippen molar-refractivity contribution in [3.05, 3.63) is 0 Å². The molecule has 0 aromatic heterocycles. The number of nitrogens with zero attached hydrogens (tertiary/aromatic N) is 1. The maximum absolute atomic E-state index is 14.3. The zero-order valence-electron chi connectivity index (χ0n) is 24.6. The van der Waals surface area contributed by atoms with Gasteiger partial charge in [0, 0.05) is 12.1 Å². The molecule has 6 atom stereocenters. The lowest BCUT2D eigenvalue weighted by molar-refractivity contribution is -0.152. The van der Waals surface area contributed by atoms with Crippen LogP contribution in [-0.2, 0) is 19.1 Å². The fourth-order valence-corrected chi connectivity index (χ4v) is 7.70. The summed E-state index contributed by atoms with van der Waals surface area (Å²) in [6, 6.07) is -1.41. The molecule has 8 heteroatoms. The number of aliphatic hydroxyl groups excluding tert-OH is 1. The third kappa shape index (κ3) is 5.42. The number of hydrogen-bond donors (Lipinski definition) is 3. The Balaban J connectivity index is 2.09. The highest BCUT2D eigenvalue weighted by Gasteiger charge is 2.79. The van der Waals surface area contributed by atoms with E-state index in [9.17, 15) is 19.5 Å². The SMILES string of the molecule is CCCNC(=O)[C@H]1[C@H]2C(=O)N([C@@H](CO)CC(C)C)C(C(=O)NC(C)(C)CC(C)(C)C)C23CC[C@]1(CC)O3. The van der Waals surface area contributed by atoms with Gasteiger partial charge in [-0.3, -0.25) is 14.4 Å². The van der Waals surface area contributed by atoms with Crippen molar-refractivity contribution in [2.24, 2.45) is 23.2 Å². The Kier molecular flexibility index (Phi) is 8.46. The summed E-state index contributed by atoms with van der Waals surface area (Å²) in [6.45, 7) is 18.8. The summed E-state index contributed by atoms with van der Waals surface area (Å²) in [5, 5.41) is 16.7. The first-order valence-electron chi connectivity index (χ1n) is 14.3. The van der Waals surface area contributed by atoms with E-state index in [2.05, 4.69) is 31.4 Å². The molecule has 0 aromatic carbocycles. The fourth-order valence-electron chi connectivity index (χ4n) is 7.70. The minimum absolute atomic E-state index is 0.00883. The average molecular weight is 522 g/mol. The van der Waals surface area contributed by atoms with E-state index >= 15 is 0 Å². The third-order valence-electron chi connectivity index (χ3n) is 8.48. The van der Waals surface area contributed by atoms with Crippen molar-refractivity contribution >= 4 is 17.7 Å². The van der Waals surface area contributed by atoms with Crippen LogP contribution >= 0.6 is 0 Å². The standard InChI is InChI=1S/C29H51N3O5/c1-10-14-30-23(34)20-21-25(36)32(19(16-33)15-18(3)4)22(29(21)13-12-28(20,11-2)37-29)24(35)31-27(8,9)17-26(5,6)7/h18-22,33H,10-17H2,1-9H3,(H,30,34)(H,31,35)/t19-,20-,21+,22?,28+,29?/m1/s1. The van der Waals surface area contributed by atoms with Crippen LogP contribution in [0.3, 0.4) is 0 Å². The van der Waals surface area contributed by atoms with Gasteiger partial charge >= 0.3 is 0 Å². The van der Waals surface area contributed by atoms with Crippen molar-refractivity contribution in [1.29, 1.82) is 0 Å². The van der Waals surface area contributed by atoms with Gasteiger partial charge in [-0.15, -0.1) is 0 Å². The van der Waals surface area contributed by atoms with Crippen LogP contribution in [0.4, 0.5) is 0 Å². The zero-order valence-corrected chi connectivity index (χ0v) is 24.6. The van der Waals surface area contributed by atoms with Crippen LogP contribution in [0.25, 0.3) is 0 Å². The number of amides is 3. The normalized spacial score (nSPS) is 32.1. The minimum Gasteiger partial charge on any atom is -0.394 e. The highest BCUT2D eigenvalue weighted by atomic mass is 16.5. The first-order valence-corrected chi connectivity index (χ1v) is 14.3. The van der Waals surface area contributed by atoms with E-state index in [1.165, 1.54) is 0 Å². The number of rotatable bonds is 11. The molecule has 0 aliphatic carbocycles. The molecule has 3 saturated heterocycles. The molecule has 3 aliphatic heterocycles. The zero-order chi connectivity index (χ0) is 28.0. The Bertz CT molecular complexity index is 881. The molecule has 212 valence electrons. The maximum atomic E-state index is 14.3. The molecule has 0 radical (unpaired) electrons. The van der Waals surface area contributed by atoms with Crippen molar-refractivity contribution in [1.82, 2.24) is 15.5 Å². The van der Waals surface area contributed by atoms with Crippen LogP contribution in [0.5, 0.6) is 0 Å². The second kappa shape index (κ2) is 10.5. The van der Waals surface area contributed by atoms with Gasteiger partial charge in [-0.25, -0.2) is 0 Å². The largest absolute Gasteiger partial charge is 0.394 e. The van der Waals surface area contributed by atoms with E-state index in [1.807, 2.05) is 41.5 Å². The Labute approximate surface area is 223 Å². The van der Waals surface area contributed by atoms with Gasteiger partial charge in [0.05, 0.1) is 30.1 Å². The quantitative estimate of drug-likeness (QED) is 0.386. The lowest BCUT2D eigenvalue weighted by atomic mass is 9.65. The highest BCUT2D eigenvalue weighted by Crippen LogP contribution is 2.64. The molecule has 3 fully saturated rings. The summed E-state index contributed by atoms with van der Waals surface area (Å²) in [4.78, 5) is 43.6. The van der Waals surface area contributed by atoms with Crippen LogP contribution in [0.2, 0.25) is 0 Å². The molecule has 3 aliphatic rings. The molecule has 0 aromatic rings. The predicted octanol–water partition coefficient (Wildman–Crippen LogP) is 3.41. The number of aliphatic hydroxyl groups is 1. The van der Waals surface area contributed by atoms with Gasteiger partial charge in [-0.2, -0.15) is 0 Å². The second-order valence-electron chi connectivity index (χ2n) is 13.9. The fraction of sp³-hybridized carbons (Fsp3) is 0.897. The van der Waals surface area contributed by atoms with Crippen LogP contribution in [0, 0.1) is 23.2 Å². The molecule has 2 bridgehead atoms. The number of ether oxygens (including phenoxy) is 1. The van der Waals surface area contributed by atoms with Gasteiger partial charge in [0.15, 0.2) is 0 Å². The Morgan fingerprint density at radius 2 is 1.78 bits per heavy atom. The Morgan fingerprint density at radius 3 is 2.30 bits per heavy atom. The van der Waals surface area contributed by atoms with Gasteiger partial charge in [0.1, 0.15) is 11.6 Å². The van der Waals surface area contributed by atoms with Crippen LogP contribution in [0.1, 0.15) is 101 Å². The molecule has 3 amide bonds. The van der Waals surface area contributed by atoms with E-state index in [-0.39, 0.29) is 35.7 Å². The monoisotopic (exact) mass is 521 g/mol. The van der Waals surface area contributed by atoms with E-state index in [1.54, 1.807) is 4.90 Å². The van der Waals surface area contributed by atoms with E-state index in [0.29, 0.717) is 32.2 Å². The van der Waals surface area contributed by atoms with Gasteiger partial charge in [-0.1, -0.05) is 48.5 Å². The molecule has 8 nitrogen and oxygen atoms in total. The lowest BCUT2D eigenvalue weighted by Crippen LogP contribution is -2.61. The summed E-state index contributed by atoms with van der Waals surface area (Å²) in [7, 11) is 0. The molecule has 3 heterocycles. The first kappa shape index (κ1) is 29.9. The topological polar surface area (TPSA) is 108 Å². The molecular formula is C29H51N3O5. The van der Waals surface area contributed by atoms with Crippen molar-refractivity contribution in [2.45, 2.75) is 130 Å². The van der Waals surface area contributed by atoms with Crippen molar-refractivity contribution in [3.63, 3.8) is 0 Å². The number of carbonyl (C=O) groups excluding carboxylic acids is 3. The smallest absolute Gasteiger partial charge is 0.246 e. The van der Waals surface area contributed by atoms with Crippen LogP contribution in [0.15, 0.2) is 0 Å². The summed E-state index contributed by atoms with van der Waals surface area (Å²) in [5.74, 6) is -1.82. The summed E-state index contributed by atoms with van der Waals surface area (Å²) >= 11 is 0. The van der Waals surface area contributed by atoms with Crippen molar-refractivity contribution in [3.8, 4) is 0 Å². The van der Waals surface area contributed by atoms with Crippen molar-refractivity contribution < 1.29 is 24.2 Å². The molecule has 1 spiro atoms. The number of nitrogens with one attached hydrogen (secondary N) is 2. The van der Waals surface area contributed by atoms with Gasteiger partial charge < -0.3 is 25.4 Å². The average Bonchev–Trinajstić information content (AvgIpc) is 3.37. The number of hydrogen-bond acceptors (Lipinski definition) is 5. The maximum Gasteiger partial charge on any atom is 0.246 e. The predicted molar refractivity (Wildman–Crippen MR) is 144 cm³/mol. The van der Waals surface area contributed by atoms with E-state index in [0.717, 1.165) is 12.8 Å². The van der Waals surface area contributed by atoms with Crippen LogP contribution in [-0.4, -0.2) is 69.7 Å². The molecular weight excluding hydrogens is 470 g/mol. The van der Waals surface area contributed by atoms with Crippen LogP contribution < -0.4 is 10.6 Å². The molecule has 3 rings (SSSR count). The molecule has 2 unspecified atom stereocenters. The van der Waals surface area contributed by atoms with Gasteiger partial charge in [0.2, 0.25) is 17.7 Å². The lowest BCUT2D eigenvalue weighted by Gasteiger charge is -2.40. The van der Waals surface area contributed by atoms with E-state index in [4.69, 9.17) is 4.74 Å². The summed E-state index contributed by atoms with van der Waals surface area (Å²) in [6.07, 6.45) is 3.88. The molecule has 37 heavy (non-hydrogen) atoms. The van der Waals surface area contributed by atoms with Gasteiger partial charge in [-0.05, 0) is 63.7 Å². The number of likely N-dealkylation sites (tertiary alicyclic amines) is 1. The number of carbonyl (C=O) groups is 3. The molecule has 3 N–H and O–H groups in total. The van der Waals surface area contributed by atoms with E-state index < -0.39 is 40.7 Å². The highest BCUT2D eigenvalue weighted by molar-refractivity contribution is 5.99. The Morgan fingerprint density at radius 1 is 1.14 bits per heavy atom. The van der Waals surface area contributed by atoms with Gasteiger partial charge in [0.25, 0.3) is 0 Å². The Hall–Kier alpha value is -1.67. The first-order chi connectivity index (χ1) is 17.1. The molecule has 0 saturated carbocycles.